The highest BCUT2D eigenvalue weighted by Gasteiger charge is 2.08. The molecule has 0 unspecified atom stereocenters. The number of benzene rings is 1. The number of amides is 1. The number of aryl methyl sites for hydroxylation is 1. The van der Waals surface area contributed by atoms with E-state index in [1.165, 1.54) is 11.0 Å². The second-order valence-corrected chi connectivity index (χ2v) is 4.29. The van der Waals surface area contributed by atoms with E-state index in [2.05, 4.69) is 15.5 Å². The summed E-state index contributed by atoms with van der Waals surface area (Å²) in [4.78, 5) is 13.0. The molecule has 0 spiro atoms. The lowest BCUT2D eigenvalue weighted by molar-refractivity contribution is 0.0948. The maximum absolute atomic E-state index is 11.7. The van der Waals surface area contributed by atoms with Gasteiger partial charge in [-0.05, 0) is 24.1 Å². The van der Waals surface area contributed by atoms with Crippen LogP contribution in [0.5, 0.6) is 0 Å². The highest BCUT2D eigenvalue weighted by atomic mass is 35.5. The lowest BCUT2D eigenvalue weighted by Crippen LogP contribution is -2.26. The Balaban J connectivity index is 1.84. The number of aromatic nitrogens is 3. The molecule has 0 atom stereocenters. The van der Waals surface area contributed by atoms with Crippen molar-refractivity contribution in [2.24, 2.45) is 7.05 Å². The Morgan fingerprint density at radius 2 is 2.33 bits per heavy atom. The van der Waals surface area contributed by atoms with Gasteiger partial charge in [-0.15, -0.1) is 5.10 Å². The fraction of sp³-hybridized carbons (Fsp3) is 0.250. The summed E-state index contributed by atoms with van der Waals surface area (Å²) in [6.45, 7) is 0.537. The van der Waals surface area contributed by atoms with E-state index in [0.29, 0.717) is 17.3 Å². The Kier molecular flexibility index (Phi) is 3.94. The van der Waals surface area contributed by atoms with E-state index in [1.807, 2.05) is 24.3 Å². The second-order valence-electron chi connectivity index (χ2n) is 3.86. The number of carbonyl (C=O) groups is 1. The number of rotatable bonds is 4. The first-order valence-corrected chi connectivity index (χ1v) is 5.92. The van der Waals surface area contributed by atoms with Crippen LogP contribution >= 0.6 is 11.6 Å². The van der Waals surface area contributed by atoms with Gasteiger partial charge in [-0.3, -0.25) is 4.79 Å². The summed E-state index contributed by atoms with van der Waals surface area (Å²) >= 11 is 5.88. The molecule has 1 amide bonds. The highest BCUT2D eigenvalue weighted by Crippen LogP contribution is 2.10. The van der Waals surface area contributed by atoms with Crippen molar-refractivity contribution in [3.8, 4) is 0 Å². The van der Waals surface area contributed by atoms with Crippen molar-refractivity contribution in [1.29, 1.82) is 0 Å². The largest absolute Gasteiger partial charge is 0.350 e. The lowest BCUT2D eigenvalue weighted by Gasteiger charge is -2.03. The van der Waals surface area contributed by atoms with Gasteiger partial charge in [0.2, 0.25) is 0 Å². The molecule has 2 aromatic rings. The van der Waals surface area contributed by atoms with E-state index in [-0.39, 0.29) is 5.91 Å². The van der Waals surface area contributed by atoms with E-state index in [4.69, 9.17) is 11.6 Å². The molecule has 6 heteroatoms. The molecule has 0 aliphatic rings. The number of hydrogen-bond acceptors (Lipinski definition) is 3. The monoisotopic (exact) mass is 264 g/mol. The van der Waals surface area contributed by atoms with Gasteiger partial charge in [0.25, 0.3) is 5.91 Å². The molecule has 1 aromatic heterocycles. The van der Waals surface area contributed by atoms with Gasteiger partial charge in [-0.2, -0.15) is 9.90 Å². The predicted octanol–water partition coefficient (Wildman–Crippen LogP) is 1.44. The summed E-state index contributed by atoms with van der Waals surface area (Å²) in [7, 11) is 1.67. The maximum Gasteiger partial charge on any atom is 0.273 e. The average Bonchev–Trinajstić information content (AvgIpc) is 2.76. The lowest BCUT2D eigenvalue weighted by atomic mass is 10.1. The molecule has 0 saturated heterocycles. The molecular weight excluding hydrogens is 252 g/mol. The molecule has 0 aliphatic carbocycles. The third-order valence-electron chi connectivity index (χ3n) is 2.42. The zero-order chi connectivity index (χ0) is 13.0. The van der Waals surface area contributed by atoms with Gasteiger partial charge in [0, 0.05) is 18.6 Å². The smallest absolute Gasteiger partial charge is 0.273 e. The first-order valence-electron chi connectivity index (χ1n) is 5.54. The van der Waals surface area contributed by atoms with E-state index < -0.39 is 0 Å². The molecule has 0 fully saturated rings. The molecule has 1 N–H and O–H groups in total. The van der Waals surface area contributed by atoms with Crippen LogP contribution in [-0.2, 0) is 13.5 Å². The van der Waals surface area contributed by atoms with E-state index >= 15 is 0 Å². The zero-order valence-corrected chi connectivity index (χ0v) is 10.7. The van der Waals surface area contributed by atoms with Gasteiger partial charge in [-0.1, -0.05) is 23.7 Å². The van der Waals surface area contributed by atoms with Crippen molar-refractivity contribution in [2.45, 2.75) is 6.42 Å². The molecule has 2 rings (SSSR count). The van der Waals surface area contributed by atoms with Crippen molar-refractivity contribution < 1.29 is 4.79 Å². The fourth-order valence-corrected chi connectivity index (χ4v) is 1.77. The molecule has 5 nitrogen and oxygen atoms in total. The fourth-order valence-electron chi connectivity index (χ4n) is 1.55. The van der Waals surface area contributed by atoms with E-state index in [0.717, 1.165) is 12.0 Å². The number of nitrogens with zero attached hydrogens (tertiary/aromatic N) is 3. The Morgan fingerprint density at radius 1 is 1.50 bits per heavy atom. The summed E-state index contributed by atoms with van der Waals surface area (Å²) < 4.78 is 0. The quantitative estimate of drug-likeness (QED) is 0.909. The Morgan fingerprint density at radius 3 is 3.00 bits per heavy atom. The van der Waals surface area contributed by atoms with Crippen LogP contribution in [0.1, 0.15) is 16.1 Å². The van der Waals surface area contributed by atoms with Crippen LogP contribution in [0.4, 0.5) is 0 Å². The number of nitrogens with one attached hydrogen (secondary N) is 1. The number of carbonyl (C=O) groups excluding carboxylic acids is 1. The molecule has 1 heterocycles. The minimum Gasteiger partial charge on any atom is -0.350 e. The Bertz CT molecular complexity index is 553. The second kappa shape index (κ2) is 5.64. The van der Waals surface area contributed by atoms with Crippen molar-refractivity contribution >= 4 is 17.5 Å². The molecule has 0 saturated carbocycles. The minimum absolute atomic E-state index is 0.217. The average molecular weight is 265 g/mol. The minimum atomic E-state index is -0.217. The number of hydrogen-bond donors (Lipinski definition) is 1. The van der Waals surface area contributed by atoms with Crippen LogP contribution in [0.15, 0.2) is 30.5 Å². The SMILES string of the molecule is Cn1ncc(C(=O)NCCc2cccc(Cl)c2)n1. The van der Waals surface area contributed by atoms with Gasteiger partial charge in [0.05, 0.1) is 6.20 Å². The molecule has 0 radical (unpaired) electrons. The summed E-state index contributed by atoms with van der Waals surface area (Å²) in [6.07, 6.45) is 2.17. The zero-order valence-electron chi connectivity index (χ0n) is 9.93. The molecule has 0 bridgehead atoms. The van der Waals surface area contributed by atoms with Gasteiger partial charge in [0.15, 0.2) is 5.69 Å². The molecule has 18 heavy (non-hydrogen) atoms. The van der Waals surface area contributed by atoms with Crippen molar-refractivity contribution in [1.82, 2.24) is 20.3 Å². The van der Waals surface area contributed by atoms with Crippen molar-refractivity contribution in [2.75, 3.05) is 6.54 Å². The van der Waals surface area contributed by atoms with Crippen LogP contribution in [0.25, 0.3) is 0 Å². The van der Waals surface area contributed by atoms with Gasteiger partial charge < -0.3 is 5.32 Å². The normalized spacial score (nSPS) is 10.3. The maximum atomic E-state index is 11.7. The van der Waals surface area contributed by atoms with Crippen LogP contribution in [0, 0.1) is 0 Å². The highest BCUT2D eigenvalue weighted by molar-refractivity contribution is 6.30. The summed E-state index contributed by atoms with van der Waals surface area (Å²) in [5.41, 5.74) is 1.41. The van der Waals surface area contributed by atoms with E-state index in [1.54, 1.807) is 7.05 Å². The van der Waals surface area contributed by atoms with Gasteiger partial charge >= 0.3 is 0 Å². The molecular formula is C12H13ClN4O. The van der Waals surface area contributed by atoms with Crippen LogP contribution in [-0.4, -0.2) is 27.4 Å². The third kappa shape index (κ3) is 3.30. The predicted molar refractivity (Wildman–Crippen MR) is 68.5 cm³/mol. The van der Waals surface area contributed by atoms with Crippen molar-refractivity contribution in [3.05, 3.63) is 46.7 Å². The van der Waals surface area contributed by atoms with Gasteiger partial charge in [0.1, 0.15) is 0 Å². The molecule has 0 aliphatic heterocycles. The topological polar surface area (TPSA) is 59.8 Å². The third-order valence-corrected chi connectivity index (χ3v) is 2.66. The molecule has 1 aromatic carbocycles. The van der Waals surface area contributed by atoms with Crippen molar-refractivity contribution in [3.63, 3.8) is 0 Å². The van der Waals surface area contributed by atoms with Crippen LogP contribution in [0.3, 0.4) is 0 Å². The summed E-state index contributed by atoms with van der Waals surface area (Å²) in [5.74, 6) is -0.217. The number of halogens is 1. The first-order chi connectivity index (χ1) is 8.65. The van der Waals surface area contributed by atoms with Gasteiger partial charge in [-0.25, -0.2) is 0 Å². The Labute approximate surface area is 110 Å². The summed E-state index contributed by atoms with van der Waals surface area (Å²) in [6, 6.07) is 7.57. The van der Waals surface area contributed by atoms with Crippen LogP contribution < -0.4 is 5.32 Å². The first kappa shape index (κ1) is 12.6. The van der Waals surface area contributed by atoms with Crippen LogP contribution in [0.2, 0.25) is 5.02 Å². The Hall–Kier alpha value is -1.88. The van der Waals surface area contributed by atoms with E-state index in [9.17, 15) is 4.79 Å². The standard InChI is InChI=1S/C12H13ClN4O/c1-17-15-8-11(16-17)12(18)14-6-5-9-3-2-4-10(13)7-9/h2-4,7-8H,5-6H2,1H3,(H,14,18). The molecule has 94 valence electrons. The summed E-state index contributed by atoms with van der Waals surface area (Å²) in [5, 5.41) is 11.2.